The summed E-state index contributed by atoms with van der Waals surface area (Å²) in [5.74, 6) is 0.0277. The van der Waals surface area contributed by atoms with E-state index in [0.717, 1.165) is 13.0 Å². The van der Waals surface area contributed by atoms with E-state index in [0.29, 0.717) is 6.61 Å². The van der Waals surface area contributed by atoms with Crippen LogP contribution in [0.1, 0.15) is 20.3 Å². The molecule has 0 aromatic rings. The molecule has 0 unspecified atom stereocenters. The molecule has 0 aliphatic carbocycles. The summed E-state index contributed by atoms with van der Waals surface area (Å²) in [6.07, 6.45) is 0.917. The van der Waals surface area contributed by atoms with E-state index in [1.807, 2.05) is 13.8 Å². The summed E-state index contributed by atoms with van der Waals surface area (Å²) >= 11 is 0. The monoisotopic (exact) mass is 157 g/mol. The molecule has 1 rings (SSSR count). The quantitative estimate of drug-likeness (QED) is 0.595. The van der Waals surface area contributed by atoms with Crippen LogP contribution < -0.4 is 5.32 Å². The molecule has 3 nitrogen and oxygen atoms in total. The lowest BCUT2D eigenvalue weighted by atomic mass is 10.0. The summed E-state index contributed by atoms with van der Waals surface area (Å²) in [6.45, 7) is 5.28. The van der Waals surface area contributed by atoms with E-state index >= 15 is 0 Å². The second-order valence-electron chi connectivity index (χ2n) is 2.89. The Morgan fingerprint density at radius 2 is 2.45 bits per heavy atom. The molecule has 11 heavy (non-hydrogen) atoms. The Bertz CT molecular complexity index is 147. The van der Waals surface area contributed by atoms with Crippen LogP contribution in [-0.4, -0.2) is 25.2 Å². The van der Waals surface area contributed by atoms with Crippen LogP contribution in [0.15, 0.2) is 0 Å². The second kappa shape index (κ2) is 3.72. The summed E-state index contributed by atoms with van der Waals surface area (Å²) in [5.41, 5.74) is 0. The number of carbonyl (C=O) groups is 1. The fourth-order valence-corrected chi connectivity index (χ4v) is 1.43. The molecule has 0 spiro atoms. The van der Waals surface area contributed by atoms with Crippen LogP contribution >= 0.6 is 0 Å². The highest BCUT2D eigenvalue weighted by atomic mass is 16.5. The lowest BCUT2D eigenvalue weighted by Crippen LogP contribution is -2.29. The molecule has 2 atom stereocenters. The first-order valence-electron chi connectivity index (χ1n) is 4.15. The Kier molecular flexibility index (Phi) is 2.88. The molecule has 1 aliphatic rings. The summed E-state index contributed by atoms with van der Waals surface area (Å²) in [4.78, 5) is 11.2. The molecule has 1 fully saturated rings. The zero-order valence-corrected chi connectivity index (χ0v) is 7.09. The number of hydrogen-bond donors (Lipinski definition) is 1. The molecule has 0 saturated carbocycles. The Balaban J connectivity index is 2.39. The van der Waals surface area contributed by atoms with Gasteiger partial charge in [0.05, 0.1) is 12.5 Å². The highest BCUT2D eigenvalue weighted by molar-refractivity contribution is 5.73. The SMILES string of the molecule is CCOC(=O)[C@@H]1CCN[C@H]1C. The van der Waals surface area contributed by atoms with Gasteiger partial charge in [-0.1, -0.05) is 0 Å². The molecule has 1 N–H and O–H groups in total. The van der Waals surface area contributed by atoms with Crippen molar-refractivity contribution in [1.82, 2.24) is 5.32 Å². The summed E-state index contributed by atoms with van der Waals surface area (Å²) in [6, 6.07) is 0.286. The summed E-state index contributed by atoms with van der Waals surface area (Å²) in [5, 5.41) is 3.21. The van der Waals surface area contributed by atoms with Gasteiger partial charge in [-0.05, 0) is 26.8 Å². The maximum Gasteiger partial charge on any atom is 0.310 e. The van der Waals surface area contributed by atoms with Crippen LogP contribution in [0.25, 0.3) is 0 Å². The van der Waals surface area contributed by atoms with E-state index in [9.17, 15) is 4.79 Å². The Labute approximate surface area is 67.1 Å². The topological polar surface area (TPSA) is 38.3 Å². The van der Waals surface area contributed by atoms with E-state index in [2.05, 4.69) is 5.32 Å². The van der Waals surface area contributed by atoms with Crippen molar-refractivity contribution in [3.63, 3.8) is 0 Å². The molecule has 1 heterocycles. The van der Waals surface area contributed by atoms with Crippen LogP contribution in [0.3, 0.4) is 0 Å². The molecular formula is C8H15NO2. The van der Waals surface area contributed by atoms with E-state index in [4.69, 9.17) is 4.74 Å². The molecule has 0 radical (unpaired) electrons. The molecule has 0 amide bonds. The molecule has 1 saturated heterocycles. The van der Waals surface area contributed by atoms with Gasteiger partial charge >= 0.3 is 5.97 Å². The third kappa shape index (κ3) is 1.93. The fourth-order valence-electron chi connectivity index (χ4n) is 1.43. The average molecular weight is 157 g/mol. The fraction of sp³-hybridized carbons (Fsp3) is 0.875. The largest absolute Gasteiger partial charge is 0.466 e. The smallest absolute Gasteiger partial charge is 0.310 e. The highest BCUT2D eigenvalue weighted by Gasteiger charge is 2.30. The third-order valence-corrected chi connectivity index (χ3v) is 2.11. The van der Waals surface area contributed by atoms with Crippen molar-refractivity contribution in [1.29, 1.82) is 0 Å². The van der Waals surface area contributed by atoms with Crippen molar-refractivity contribution in [3.05, 3.63) is 0 Å². The second-order valence-corrected chi connectivity index (χ2v) is 2.89. The number of ether oxygens (including phenoxy) is 1. The van der Waals surface area contributed by atoms with Crippen molar-refractivity contribution in [2.75, 3.05) is 13.2 Å². The Hall–Kier alpha value is -0.570. The van der Waals surface area contributed by atoms with Crippen LogP contribution in [0.5, 0.6) is 0 Å². The first-order valence-corrected chi connectivity index (χ1v) is 4.15. The predicted octanol–water partition coefficient (Wildman–Crippen LogP) is 0.547. The number of nitrogens with one attached hydrogen (secondary N) is 1. The lowest BCUT2D eigenvalue weighted by Gasteiger charge is -2.12. The van der Waals surface area contributed by atoms with Gasteiger partial charge in [-0.2, -0.15) is 0 Å². The number of carbonyl (C=O) groups excluding carboxylic acids is 1. The lowest BCUT2D eigenvalue weighted by molar-refractivity contribution is -0.148. The van der Waals surface area contributed by atoms with Gasteiger partial charge in [0.1, 0.15) is 0 Å². The molecule has 0 aromatic carbocycles. The van der Waals surface area contributed by atoms with Crippen LogP contribution in [0.4, 0.5) is 0 Å². The van der Waals surface area contributed by atoms with Crippen LogP contribution in [0.2, 0.25) is 0 Å². The molecule has 1 aliphatic heterocycles. The van der Waals surface area contributed by atoms with Crippen molar-refractivity contribution in [2.45, 2.75) is 26.3 Å². The summed E-state index contributed by atoms with van der Waals surface area (Å²) in [7, 11) is 0. The minimum atomic E-state index is -0.0509. The van der Waals surface area contributed by atoms with Crippen molar-refractivity contribution < 1.29 is 9.53 Å². The number of esters is 1. The molecular weight excluding hydrogens is 142 g/mol. The third-order valence-electron chi connectivity index (χ3n) is 2.11. The van der Waals surface area contributed by atoms with E-state index in [-0.39, 0.29) is 17.9 Å². The van der Waals surface area contributed by atoms with Crippen molar-refractivity contribution >= 4 is 5.97 Å². The van der Waals surface area contributed by atoms with Gasteiger partial charge in [0.2, 0.25) is 0 Å². The predicted molar refractivity (Wildman–Crippen MR) is 42.2 cm³/mol. The van der Waals surface area contributed by atoms with Gasteiger partial charge in [0.15, 0.2) is 0 Å². The molecule has 0 aromatic heterocycles. The molecule has 3 heteroatoms. The standard InChI is InChI=1S/C8H15NO2/c1-3-11-8(10)7-4-5-9-6(7)2/h6-7,9H,3-5H2,1-2H3/t6-,7+/m0/s1. The zero-order valence-electron chi connectivity index (χ0n) is 7.09. The zero-order chi connectivity index (χ0) is 8.27. The van der Waals surface area contributed by atoms with Crippen molar-refractivity contribution in [3.8, 4) is 0 Å². The summed E-state index contributed by atoms with van der Waals surface area (Å²) < 4.78 is 4.92. The van der Waals surface area contributed by atoms with E-state index in [1.54, 1.807) is 0 Å². The van der Waals surface area contributed by atoms with Crippen LogP contribution in [-0.2, 0) is 9.53 Å². The number of rotatable bonds is 2. The first kappa shape index (κ1) is 8.53. The average Bonchev–Trinajstić information content (AvgIpc) is 2.36. The molecule has 64 valence electrons. The minimum Gasteiger partial charge on any atom is -0.466 e. The van der Waals surface area contributed by atoms with Gasteiger partial charge < -0.3 is 10.1 Å². The van der Waals surface area contributed by atoms with Gasteiger partial charge in [-0.3, -0.25) is 4.79 Å². The Morgan fingerprint density at radius 1 is 1.73 bits per heavy atom. The maximum atomic E-state index is 11.2. The van der Waals surface area contributed by atoms with Gasteiger partial charge in [0, 0.05) is 6.04 Å². The van der Waals surface area contributed by atoms with Crippen LogP contribution in [0, 0.1) is 5.92 Å². The van der Waals surface area contributed by atoms with E-state index in [1.165, 1.54) is 0 Å². The van der Waals surface area contributed by atoms with Gasteiger partial charge in [-0.15, -0.1) is 0 Å². The molecule has 0 bridgehead atoms. The number of hydrogen-bond acceptors (Lipinski definition) is 3. The normalized spacial score (nSPS) is 30.4. The van der Waals surface area contributed by atoms with Gasteiger partial charge in [-0.25, -0.2) is 0 Å². The Morgan fingerprint density at radius 3 is 2.91 bits per heavy atom. The maximum absolute atomic E-state index is 11.2. The van der Waals surface area contributed by atoms with E-state index < -0.39 is 0 Å². The highest BCUT2D eigenvalue weighted by Crippen LogP contribution is 2.16. The first-order chi connectivity index (χ1) is 5.25. The minimum absolute atomic E-state index is 0.0509. The van der Waals surface area contributed by atoms with Gasteiger partial charge in [0.25, 0.3) is 0 Å². The van der Waals surface area contributed by atoms with Crippen molar-refractivity contribution in [2.24, 2.45) is 5.92 Å².